The van der Waals surface area contributed by atoms with Gasteiger partial charge in [-0.05, 0) is 30.8 Å². The standard InChI is InChI=1S/C22H28F4N6O2/c1-30-11-8-21(9-12-30)27-20(29-34-21)32(14-17-7-10-31(2)28-17)13-16-3-5-18(6-4-16)33-15-22(25,26)19(23)24/h3-7,10,19H,8-9,11-15H2,1-2H3,(H,27,29). The van der Waals surface area contributed by atoms with E-state index in [1.165, 1.54) is 12.1 Å². The maximum Gasteiger partial charge on any atom is 0.340 e. The molecule has 2 aliphatic heterocycles. The average molecular weight is 484 g/mol. The number of hydrogen-bond acceptors (Lipinski definition) is 7. The summed E-state index contributed by atoms with van der Waals surface area (Å²) in [7, 11) is 3.90. The molecule has 34 heavy (non-hydrogen) atoms. The van der Waals surface area contributed by atoms with E-state index in [1.807, 2.05) is 24.2 Å². The molecule has 2 aromatic rings. The molecule has 2 aliphatic rings. The normalized spacial score (nSPS) is 18.3. The highest BCUT2D eigenvalue weighted by Crippen LogP contribution is 2.31. The number of ether oxygens (including phenoxy) is 1. The van der Waals surface area contributed by atoms with Crippen molar-refractivity contribution in [3.8, 4) is 5.75 Å². The predicted octanol–water partition coefficient (Wildman–Crippen LogP) is 3.01. The van der Waals surface area contributed by atoms with E-state index in [2.05, 4.69) is 22.5 Å². The van der Waals surface area contributed by atoms with Gasteiger partial charge in [-0.15, -0.1) is 0 Å². The molecule has 0 unspecified atom stereocenters. The van der Waals surface area contributed by atoms with Crippen molar-refractivity contribution in [3.05, 3.63) is 47.8 Å². The lowest BCUT2D eigenvalue weighted by atomic mass is 10.0. The fraction of sp³-hybridized carbons (Fsp3) is 0.545. The average Bonchev–Trinajstić information content (AvgIpc) is 3.41. The molecule has 186 valence electrons. The van der Waals surface area contributed by atoms with Gasteiger partial charge in [0.1, 0.15) is 5.75 Å². The Morgan fingerprint density at radius 3 is 2.47 bits per heavy atom. The van der Waals surface area contributed by atoms with Crippen LogP contribution in [0, 0.1) is 0 Å². The van der Waals surface area contributed by atoms with Crippen molar-refractivity contribution in [2.24, 2.45) is 12.0 Å². The van der Waals surface area contributed by atoms with Crippen LogP contribution in [-0.2, 0) is 25.0 Å². The van der Waals surface area contributed by atoms with Crippen LogP contribution in [0.15, 0.2) is 41.5 Å². The van der Waals surface area contributed by atoms with E-state index in [0.717, 1.165) is 37.2 Å². The second-order valence-electron chi connectivity index (χ2n) is 8.72. The summed E-state index contributed by atoms with van der Waals surface area (Å²) in [5, 5.41) is 4.45. The van der Waals surface area contributed by atoms with Crippen molar-refractivity contribution in [1.82, 2.24) is 25.1 Å². The van der Waals surface area contributed by atoms with Gasteiger partial charge in [-0.25, -0.2) is 24.1 Å². The van der Waals surface area contributed by atoms with Gasteiger partial charge < -0.3 is 14.5 Å². The Bertz CT molecular complexity index is 990. The van der Waals surface area contributed by atoms with E-state index in [0.29, 0.717) is 19.0 Å². The largest absolute Gasteiger partial charge is 0.487 e. The number of aryl methyl sites for hydroxylation is 1. The number of alkyl halides is 4. The first-order chi connectivity index (χ1) is 16.1. The van der Waals surface area contributed by atoms with Gasteiger partial charge in [0.05, 0.1) is 12.2 Å². The number of aliphatic imine (C=N–C) groups is 1. The maximum atomic E-state index is 13.1. The molecule has 0 bridgehead atoms. The number of hydroxylamine groups is 1. The number of halogens is 4. The van der Waals surface area contributed by atoms with Gasteiger partial charge in [0.2, 0.25) is 5.96 Å². The maximum absolute atomic E-state index is 13.1. The first-order valence-corrected chi connectivity index (χ1v) is 11.0. The predicted molar refractivity (Wildman–Crippen MR) is 116 cm³/mol. The highest BCUT2D eigenvalue weighted by atomic mass is 19.3. The Balaban J connectivity index is 1.47. The molecule has 1 spiro atoms. The summed E-state index contributed by atoms with van der Waals surface area (Å²) in [4.78, 5) is 15.0. The zero-order valence-corrected chi connectivity index (χ0v) is 19.1. The number of guanidine groups is 1. The zero-order valence-electron chi connectivity index (χ0n) is 19.1. The first kappa shape index (κ1) is 24.3. The van der Waals surface area contributed by atoms with E-state index in [1.54, 1.807) is 16.8 Å². The number of aromatic nitrogens is 2. The van der Waals surface area contributed by atoms with Crippen molar-refractivity contribution < 1.29 is 27.1 Å². The molecule has 0 aliphatic carbocycles. The Morgan fingerprint density at radius 1 is 1.15 bits per heavy atom. The molecular formula is C22H28F4N6O2. The topological polar surface area (TPSA) is 67.2 Å². The smallest absolute Gasteiger partial charge is 0.340 e. The fourth-order valence-electron chi connectivity index (χ4n) is 3.80. The second kappa shape index (κ2) is 9.79. The molecular weight excluding hydrogens is 456 g/mol. The second-order valence-corrected chi connectivity index (χ2v) is 8.72. The van der Waals surface area contributed by atoms with Crippen LogP contribution in [0.1, 0.15) is 24.1 Å². The number of nitrogens with zero attached hydrogens (tertiary/aromatic N) is 5. The number of rotatable bonds is 8. The summed E-state index contributed by atoms with van der Waals surface area (Å²) in [5.74, 6) is -3.52. The summed E-state index contributed by atoms with van der Waals surface area (Å²) in [6.45, 7) is 1.26. The molecule has 0 amide bonds. The summed E-state index contributed by atoms with van der Waals surface area (Å²) in [6.07, 6.45) is -0.380. The molecule has 1 aromatic heterocycles. The van der Waals surface area contributed by atoms with Crippen LogP contribution >= 0.6 is 0 Å². The van der Waals surface area contributed by atoms with E-state index >= 15 is 0 Å². The number of likely N-dealkylation sites (tertiary alicyclic amines) is 1. The van der Waals surface area contributed by atoms with Gasteiger partial charge in [0, 0.05) is 45.7 Å². The Kier molecular flexibility index (Phi) is 6.99. The Hall–Kier alpha value is -2.86. The van der Waals surface area contributed by atoms with Crippen LogP contribution < -0.4 is 10.2 Å². The Labute approximate surface area is 195 Å². The van der Waals surface area contributed by atoms with Crippen LogP contribution in [0.25, 0.3) is 0 Å². The monoisotopic (exact) mass is 484 g/mol. The fourth-order valence-corrected chi connectivity index (χ4v) is 3.80. The highest BCUT2D eigenvalue weighted by molar-refractivity contribution is 5.80. The lowest BCUT2D eigenvalue weighted by Crippen LogP contribution is -2.43. The van der Waals surface area contributed by atoms with E-state index in [9.17, 15) is 17.6 Å². The van der Waals surface area contributed by atoms with Crippen molar-refractivity contribution in [2.45, 2.75) is 44.0 Å². The number of benzene rings is 1. The molecule has 3 heterocycles. The van der Waals surface area contributed by atoms with Crippen molar-refractivity contribution in [3.63, 3.8) is 0 Å². The third-order valence-electron chi connectivity index (χ3n) is 5.88. The Morgan fingerprint density at radius 2 is 1.85 bits per heavy atom. The summed E-state index contributed by atoms with van der Waals surface area (Å²) >= 11 is 0. The van der Waals surface area contributed by atoms with Gasteiger partial charge in [0.15, 0.2) is 12.3 Å². The minimum atomic E-state index is -4.20. The molecule has 4 rings (SSSR count). The minimum absolute atomic E-state index is 0.0882. The van der Waals surface area contributed by atoms with Crippen LogP contribution in [0.3, 0.4) is 0 Å². The van der Waals surface area contributed by atoms with Gasteiger partial charge in [0.25, 0.3) is 0 Å². The van der Waals surface area contributed by atoms with E-state index < -0.39 is 24.7 Å². The van der Waals surface area contributed by atoms with Gasteiger partial charge >= 0.3 is 12.3 Å². The first-order valence-electron chi connectivity index (χ1n) is 11.0. The van der Waals surface area contributed by atoms with Crippen LogP contribution in [-0.4, -0.2) is 70.4 Å². The molecule has 0 saturated carbocycles. The van der Waals surface area contributed by atoms with Crippen molar-refractivity contribution >= 4 is 5.96 Å². The molecule has 1 N–H and O–H groups in total. The lowest BCUT2D eigenvalue weighted by molar-refractivity contribution is -0.148. The van der Waals surface area contributed by atoms with Gasteiger partial charge in [-0.1, -0.05) is 12.1 Å². The van der Waals surface area contributed by atoms with Gasteiger partial charge in [-0.2, -0.15) is 13.9 Å². The zero-order chi connectivity index (χ0) is 24.3. The van der Waals surface area contributed by atoms with Crippen LogP contribution in [0.5, 0.6) is 5.75 Å². The quantitative estimate of drug-likeness (QED) is 0.582. The molecule has 1 saturated heterocycles. The number of hydrogen-bond donors (Lipinski definition) is 1. The van der Waals surface area contributed by atoms with Crippen molar-refractivity contribution in [1.29, 1.82) is 0 Å². The molecule has 0 radical (unpaired) electrons. The van der Waals surface area contributed by atoms with Crippen molar-refractivity contribution in [2.75, 3.05) is 26.7 Å². The summed E-state index contributed by atoms with van der Waals surface area (Å²) in [6, 6.07) is 8.27. The molecule has 12 heteroatoms. The molecule has 1 aromatic carbocycles. The minimum Gasteiger partial charge on any atom is -0.487 e. The van der Waals surface area contributed by atoms with E-state index in [4.69, 9.17) is 14.6 Å². The SMILES string of the molecule is CN1CCC2(CC1)N=C(N(Cc1ccc(OCC(F)(F)C(F)F)cc1)Cc1ccn(C)n1)NO2. The van der Waals surface area contributed by atoms with Gasteiger partial charge in [-0.3, -0.25) is 4.68 Å². The number of nitrogens with one attached hydrogen (secondary N) is 1. The molecule has 0 atom stereocenters. The number of piperidine rings is 1. The third-order valence-corrected chi connectivity index (χ3v) is 5.88. The molecule has 8 nitrogen and oxygen atoms in total. The van der Waals surface area contributed by atoms with E-state index in [-0.39, 0.29) is 5.75 Å². The van der Waals surface area contributed by atoms with Crippen LogP contribution in [0.2, 0.25) is 0 Å². The molecule has 1 fully saturated rings. The third kappa shape index (κ3) is 5.79. The lowest BCUT2D eigenvalue weighted by Gasteiger charge is -2.33. The van der Waals surface area contributed by atoms with Crippen LogP contribution in [0.4, 0.5) is 17.6 Å². The summed E-state index contributed by atoms with van der Waals surface area (Å²) in [5.41, 5.74) is 4.07. The summed E-state index contributed by atoms with van der Waals surface area (Å²) < 4.78 is 57.5. The highest BCUT2D eigenvalue weighted by Gasteiger charge is 2.42.